The van der Waals surface area contributed by atoms with Gasteiger partial charge in [-0.15, -0.1) is 0 Å². The van der Waals surface area contributed by atoms with Crippen molar-refractivity contribution >= 4 is 5.91 Å². The summed E-state index contributed by atoms with van der Waals surface area (Å²) < 4.78 is 0. The number of nitrogens with one attached hydrogen (secondary N) is 2. The van der Waals surface area contributed by atoms with Gasteiger partial charge in [-0.1, -0.05) is 13.8 Å². The molecule has 0 aromatic rings. The van der Waals surface area contributed by atoms with Gasteiger partial charge in [0.15, 0.2) is 0 Å². The van der Waals surface area contributed by atoms with Crippen LogP contribution in [0.3, 0.4) is 0 Å². The second-order valence-corrected chi connectivity index (χ2v) is 5.30. The highest BCUT2D eigenvalue weighted by atomic mass is 16.1. The molecule has 1 heterocycles. The van der Waals surface area contributed by atoms with Crippen LogP contribution in [-0.2, 0) is 4.79 Å². The van der Waals surface area contributed by atoms with E-state index in [9.17, 15) is 4.79 Å². The van der Waals surface area contributed by atoms with Crippen LogP contribution in [0, 0.1) is 5.92 Å². The molecule has 3 heteroatoms. The SMILES string of the molecule is CC(C)CCC(=O)NCC1(C)CCCN1. The fourth-order valence-electron chi connectivity index (χ4n) is 1.91. The van der Waals surface area contributed by atoms with E-state index < -0.39 is 0 Å². The van der Waals surface area contributed by atoms with E-state index in [4.69, 9.17) is 0 Å². The third kappa shape index (κ3) is 4.65. The van der Waals surface area contributed by atoms with Gasteiger partial charge in [0, 0.05) is 18.5 Å². The Hall–Kier alpha value is -0.570. The maximum atomic E-state index is 11.5. The molecule has 0 aliphatic carbocycles. The largest absolute Gasteiger partial charge is 0.354 e. The van der Waals surface area contributed by atoms with Crippen molar-refractivity contribution in [1.82, 2.24) is 10.6 Å². The molecule has 1 rings (SSSR count). The molecule has 88 valence electrons. The smallest absolute Gasteiger partial charge is 0.220 e. The molecule has 2 N–H and O–H groups in total. The monoisotopic (exact) mass is 212 g/mol. The summed E-state index contributed by atoms with van der Waals surface area (Å²) in [4.78, 5) is 11.5. The van der Waals surface area contributed by atoms with E-state index >= 15 is 0 Å². The van der Waals surface area contributed by atoms with E-state index in [-0.39, 0.29) is 11.4 Å². The Labute approximate surface area is 93.0 Å². The highest BCUT2D eigenvalue weighted by Gasteiger charge is 2.27. The quantitative estimate of drug-likeness (QED) is 0.728. The molecular formula is C12H24N2O. The average Bonchev–Trinajstić information content (AvgIpc) is 2.60. The van der Waals surface area contributed by atoms with Crippen LogP contribution in [0.5, 0.6) is 0 Å². The van der Waals surface area contributed by atoms with E-state index in [2.05, 4.69) is 31.4 Å². The zero-order valence-corrected chi connectivity index (χ0v) is 10.2. The van der Waals surface area contributed by atoms with Gasteiger partial charge >= 0.3 is 0 Å². The minimum Gasteiger partial charge on any atom is -0.354 e. The van der Waals surface area contributed by atoms with Crippen LogP contribution < -0.4 is 10.6 Å². The van der Waals surface area contributed by atoms with Crippen LogP contribution in [0.1, 0.15) is 46.5 Å². The van der Waals surface area contributed by atoms with Crippen molar-refractivity contribution in [3.63, 3.8) is 0 Å². The number of carbonyl (C=O) groups is 1. The second kappa shape index (κ2) is 5.50. The standard InChI is InChI=1S/C12H24N2O/c1-10(2)5-6-11(15)13-9-12(3)7-4-8-14-12/h10,14H,4-9H2,1-3H3,(H,13,15). The summed E-state index contributed by atoms with van der Waals surface area (Å²) in [6.45, 7) is 8.32. The summed E-state index contributed by atoms with van der Waals surface area (Å²) in [7, 11) is 0. The lowest BCUT2D eigenvalue weighted by Gasteiger charge is -2.24. The molecule has 3 nitrogen and oxygen atoms in total. The Balaban J connectivity index is 2.16. The van der Waals surface area contributed by atoms with Crippen molar-refractivity contribution in [1.29, 1.82) is 0 Å². The lowest BCUT2D eigenvalue weighted by Crippen LogP contribution is -2.47. The van der Waals surface area contributed by atoms with E-state index in [0.29, 0.717) is 12.3 Å². The van der Waals surface area contributed by atoms with Gasteiger partial charge in [-0.25, -0.2) is 0 Å². The van der Waals surface area contributed by atoms with Gasteiger partial charge in [-0.05, 0) is 38.6 Å². The zero-order valence-electron chi connectivity index (χ0n) is 10.2. The summed E-state index contributed by atoms with van der Waals surface area (Å²) in [5.74, 6) is 0.801. The molecule has 0 spiro atoms. The maximum Gasteiger partial charge on any atom is 0.220 e. The van der Waals surface area contributed by atoms with Crippen molar-refractivity contribution in [2.45, 2.75) is 52.0 Å². The van der Waals surface area contributed by atoms with Crippen molar-refractivity contribution in [2.75, 3.05) is 13.1 Å². The number of rotatable bonds is 5. The minimum absolute atomic E-state index is 0.132. The maximum absolute atomic E-state index is 11.5. The Kier molecular flexibility index (Phi) is 4.58. The fraction of sp³-hybridized carbons (Fsp3) is 0.917. The van der Waals surface area contributed by atoms with Gasteiger partial charge in [0.05, 0.1) is 0 Å². The Morgan fingerprint density at radius 1 is 1.53 bits per heavy atom. The summed E-state index contributed by atoms with van der Waals surface area (Å²) in [6.07, 6.45) is 4.03. The Bertz CT molecular complexity index is 208. The highest BCUT2D eigenvalue weighted by molar-refractivity contribution is 5.75. The first-order valence-electron chi connectivity index (χ1n) is 6.03. The summed E-state index contributed by atoms with van der Waals surface area (Å²) in [5, 5.41) is 6.46. The van der Waals surface area contributed by atoms with Gasteiger partial charge in [-0.2, -0.15) is 0 Å². The number of hydrogen-bond donors (Lipinski definition) is 2. The van der Waals surface area contributed by atoms with Crippen LogP contribution in [0.4, 0.5) is 0 Å². The predicted octanol–water partition coefficient (Wildman–Crippen LogP) is 1.68. The number of hydrogen-bond acceptors (Lipinski definition) is 2. The van der Waals surface area contributed by atoms with E-state index in [1.54, 1.807) is 0 Å². The molecule has 1 saturated heterocycles. The molecule has 0 saturated carbocycles. The third-order valence-electron chi connectivity index (χ3n) is 3.08. The first kappa shape index (κ1) is 12.5. The van der Waals surface area contributed by atoms with Crippen LogP contribution in [0.25, 0.3) is 0 Å². The summed E-state index contributed by atoms with van der Waals surface area (Å²) in [5.41, 5.74) is 0.132. The van der Waals surface area contributed by atoms with Gasteiger partial charge in [0.1, 0.15) is 0 Å². The van der Waals surface area contributed by atoms with E-state index in [0.717, 1.165) is 25.9 Å². The molecule has 15 heavy (non-hydrogen) atoms. The molecule has 1 fully saturated rings. The fourth-order valence-corrected chi connectivity index (χ4v) is 1.91. The molecular weight excluding hydrogens is 188 g/mol. The van der Waals surface area contributed by atoms with Gasteiger partial charge in [-0.3, -0.25) is 4.79 Å². The molecule has 0 bridgehead atoms. The molecule has 0 aromatic heterocycles. The molecule has 1 atom stereocenters. The topological polar surface area (TPSA) is 41.1 Å². The summed E-state index contributed by atoms with van der Waals surface area (Å²) >= 11 is 0. The Morgan fingerprint density at radius 3 is 2.80 bits per heavy atom. The van der Waals surface area contributed by atoms with Crippen molar-refractivity contribution in [3.05, 3.63) is 0 Å². The van der Waals surface area contributed by atoms with Crippen LogP contribution in [-0.4, -0.2) is 24.5 Å². The zero-order chi connectivity index (χ0) is 11.3. The molecule has 1 aliphatic rings. The molecule has 1 aliphatic heterocycles. The predicted molar refractivity (Wildman–Crippen MR) is 62.7 cm³/mol. The number of amides is 1. The molecule has 0 radical (unpaired) electrons. The van der Waals surface area contributed by atoms with Crippen LogP contribution in [0.15, 0.2) is 0 Å². The highest BCUT2D eigenvalue weighted by Crippen LogP contribution is 2.17. The lowest BCUT2D eigenvalue weighted by molar-refractivity contribution is -0.121. The first-order chi connectivity index (χ1) is 7.02. The van der Waals surface area contributed by atoms with Crippen molar-refractivity contribution < 1.29 is 4.79 Å². The molecule has 0 aromatic carbocycles. The summed E-state index contributed by atoms with van der Waals surface area (Å²) in [6, 6.07) is 0. The number of carbonyl (C=O) groups excluding carboxylic acids is 1. The first-order valence-corrected chi connectivity index (χ1v) is 6.03. The van der Waals surface area contributed by atoms with Gasteiger partial charge in [0.2, 0.25) is 5.91 Å². The molecule has 1 unspecified atom stereocenters. The van der Waals surface area contributed by atoms with Gasteiger partial charge < -0.3 is 10.6 Å². The van der Waals surface area contributed by atoms with Crippen molar-refractivity contribution in [3.8, 4) is 0 Å². The average molecular weight is 212 g/mol. The molecule has 1 amide bonds. The third-order valence-corrected chi connectivity index (χ3v) is 3.08. The van der Waals surface area contributed by atoms with Crippen LogP contribution >= 0.6 is 0 Å². The normalized spacial score (nSPS) is 25.9. The second-order valence-electron chi connectivity index (χ2n) is 5.30. The van der Waals surface area contributed by atoms with Crippen LogP contribution in [0.2, 0.25) is 0 Å². The van der Waals surface area contributed by atoms with Crippen molar-refractivity contribution in [2.24, 2.45) is 5.92 Å². The van der Waals surface area contributed by atoms with E-state index in [1.807, 2.05) is 0 Å². The lowest BCUT2D eigenvalue weighted by atomic mass is 10.0. The van der Waals surface area contributed by atoms with E-state index in [1.165, 1.54) is 6.42 Å². The Morgan fingerprint density at radius 2 is 2.27 bits per heavy atom. The minimum atomic E-state index is 0.132. The van der Waals surface area contributed by atoms with Gasteiger partial charge in [0.25, 0.3) is 0 Å².